The van der Waals surface area contributed by atoms with Crippen molar-refractivity contribution in [2.24, 2.45) is 0 Å². The van der Waals surface area contributed by atoms with Crippen molar-refractivity contribution in [1.82, 2.24) is 9.62 Å². The Morgan fingerprint density at radius 1 is 0.829 bits per heavy atom. The molecule has 2 N–H and O–H groups in total. The number of carbonyl (C=O) groups is 1. The summed E-state index contributed by atoms with van der Waals surface area (Å²) in [6.07, 6.45) is 0. The van der Waals surface area contributed by atoms with E-state index in [2.05, 4.69) is 10.0 Å². The van der Waals surface area contributed by atoms with Gasteiger partial charge >= 0.3 is 0 Å². The van der Waals surface area contributed by atoms with Crippen LogP contribution in [0.1, 0.15) is 11.1 Å². The highest BCUT2D eigenvalue weighted by Crippen LogP contribution is 2.20. The van der Waals surface area contributed by atoms with Crippen LogP contribution >= 0.6 is 0 Å². The molecule has 35 heavy (non-hydrogen) atoms. The van der Waals surface area contributed by atoms with Gasteiger partial charge in [-0.2, -0.15) is 0 Å². The van der Waals surface area contributed by atoms with Gasteiger partial charge in [0.1, 0.15) is 5.75 Å². The van der Waals surface area contributed by atoms with Crippen molar-refractivity contribution in [3.8, 4) is 5.75 Å². The van der Waals surface area contributed by atoms with Gasteiger partial charge in [0, 0.05) is 26.3 Å². The van der Waals surface area contributed by atoms with Gasteiger partial charge in [0.2, 0.25) is 10.0 Å². The average molecular weight is 518 g/mol. The Hall–Kier alpha value is -3.41. The minimum absolute atomic E-state index is 0.0644. The van der Waals surface area contributed by atoms with E-state index < -0.39 is 20.0 Å². The minimum Gasteiger partial charge on any atom is -0.484 e. The lowest BCUT2D eigenvalue weighted by molar-refractivity contribution is -0.123. The number of rotatable bonds is 10. The molecule has 0 radical (unpaired) electrons. The zero-order chi connectivity index (χ0) is 25.6. The van der Waals surface area contributed by atoms with Gasteiger partial charge in [0.15, 0.2) is 6.61 Å². The fourth-order valence-electron chi connectivity index (χ4n) is 2.94. The smallest absolute Gasteiger partial charge is 0.261 e. The van der Waals surface area contributed by atoms with Gasteiger partial charge in [-0.25, -0.2) is 21.1 Å². The molecule has 0 saturated carbocycles. The van der Waals surface area contributed by atoms with E-state index in [0.29, 0.717) is 11.4 Å². The molecular formula is C24H27N3O6S2. The maximum atomic E-state index is 12.5. The molecule has 11 heteroatoms. The van der Waals surface area contributed by atoms with Gasteiger partial charge in [-0.1, -0.05) is 29.8 Å². The third-order valence-corrected chi connectivity index (χ3v) is 8.23. The zero-order valence-electron chi connectivity index (χ0n) is 19.6. The van der Waals surface area contributed by atoms with Gasteiger partial charge in [-0.05, 0) is 61.0 Å². The van der Waals surface area contributed by atoms with Crippen molar-refractivity contribution in [2.75, 3.05) is 25.4 Å². The highest BCUT2D eigenvalue weighted by Gasteiger charge is 2.17. The number of amides is 1. The second kappa shape index (κ2) is 10.9. The van der Waals surface area contributed by atoms with Crippen molar-refractivity contribution in [3.63, 3.8) is 0 Å². The van der Waals surface area contributed by atoms with Crippen LogP contribution in [-0.4, -0.2) is 47.8 Å². The number of hydrogen-bond donors (Lipinski definition) is 2. The summed E-state index contributed by atoms with van der Waals surface area (Å²) in [5.74, 6) is -0.0413. The van der Waals surface area contributed by atoms with Crippen molar-refractivity contribution in [1.29, 1.82) is 0 Å². The lowest BCUT2D eigenvalue weighted by Gasteiger charge is -2.12. The fraction of sp³-hybridized carbons (Fsp3) is 0.208. The van der Waals surface area contributed by atoms with Crippen LogP contribution in [0.4, 0.5) is 5.69 Å². The second-order valence-corrected chi connectivity index (χ2v) is 11.8. The molecule has 0 atom stereocenters. The lowest BCUT2D eigenvalue weighted by Crippen LogP contribution is -2.28. The fourth-order valence-corrected chi connectivity index (χ4v) is 4.90. The van der Waals surface area contributed by atoms with Crippen LogP contribution in [0.5, 0.6) is 5.75 Å². The molecule has 0 bridgehead atoms. The number of carbonyl (C=O) groups excluding carboxylic acids is 1. The third kappa shape index (κ3) is 7.04. The Morgan fingerprint density at radius 3 is 1.97 bits per heavy atom. The normalized spacial score (nSPS) is 11.8. The molecular weight excluding hydrogens is 490 g/mol. The quantitative estimate of drug-likeness (QED) is 0.427. The summed E-state index contributed by atoms with van der Waals surface area (Å²) in [4.78, 5) is 12.3. The number of sulfonamides is 2. The lowest BCUT2D eigenvalue weighted by atomic mass is 10.2. The van der Waals surface area contributed by atoms with E-state index in [1.54, 1.807) is 24.3 Å². The molecule has 3 aromatic rings. The van der Waals surface area contributed by atoms with E-state index >= 15 is 0 Å². The van der Waals surface area contributed by atoms with Gasteiger partial charge < -0.3 is 10.1 Å². The molecule has 0 saturated heterocycles. The topological polar surface area (TPSA) is 122 Å². The van der Waals surface area contributed by atoms with E-state index in [1.165, 1.54) is 50.5 Å². The van der Waals surface area contributed by atoms with Crippen molar-refractivity contribution in [2.45, 2.75) is 23.3 Å². The molecule has 0 spiro atoms. The van der Waals surface area contributed by atoms with Crippen LogP contribution in [0.3, 0.4) is 0 Å². The first-order valence-corrected chi connectivity index (χ1v) is 13.5. The van der Waals surface area contributed by atoms with Gasteiger partial charge in [0.05, 0.1) is 9.79 Å². The molecule has 186 valence electrons. The highest BCUT2D eigenvalue weighted by molar-refractivity contribution is 7.92. The first-order valence-electron chi connectivity index (χ1n) is 10.6. The van der Waals surface area contributed by atoms with Crippen LogP contribution in [0.25, 0.3) is 0 Å². The summed E-state index contributed by atoms with van der Waals surface area (Å²) in [7, 11) is -4.35. The Labute approximate surface area is 205 Å². The SMILES string of the molecule is Cc1ccc(NS(=O)(=O)c2ccc(OCC(=O)NCc3ccc(S(=O)(=O)N(C)C)cc3)cc2)cc1. The number of hydrogen-bond acceptors (Lipinski definition) is 6. The molecule has 9 nitrogen and oxygen atoms in total. The largest absolute Gasteiger partial charge is 0.484 e. The Morgan fingerprint density at radius 2 is 1.40 bits per heavy atom. The molecule has 3 aromatic carbocycles. The molecule has 0 aliphatic carbocycles. The number of aryl methyl sites for hydroxylation is 1. The van der Waals surface area contributed by atoms with Gasteiger partial charge in [0.25, 0.3) is 15.9 Å². The van der Waals surface area contributed by atoms with Gasteiger partial charge in [-0.3, -0.25) is 9.52 Å². The number of nitrogens with zero attached hydrogens (tertiary/aromatic N) is 1. The molecule has 3 rings (SSSR count). The Kier molecular flexibility index (Phi) is 8.15. The van der Waals surface area contributed by atoms with Crippen LogP contribution in [0, 0.1) is 6.92 Å². The summed E-state index contributed by atoms with van der Waals surface area (Å²) in [5.41, 5.74) is 2.21. The Balaban J connectivity index is 1.50. The van der Waals surface area contributed by atoms with Crippen LogP contribution in [0.15, 0.2) is 82.6 Å². The Bertz CT molecular complexity index is 1370. The first-order chi connectivity index (χ1) is 16.5. The molecule has 0 unspecified atom stereocenters. The zero-order valence-corrected chi connectivity index (χ0v) is 21.2. The molecule has 0 aromatic heterocycles. The predicted molar refractivity (Wildman–Crippen MR) is 133 cm³/mol. The van der Waals surface area contributed by atoms with E-state index in [9.17, 15) is 21.6 Å². The summed E-state index contributed by atoms with van der Waals surface area (Å²) in [6, 6.07) is 18.9. The first kappa shape index (κ1) is 26.2. The standard InChI is InChI=1S/C24H27N3O6S2/c1-18-4-8-20(9-5-18)26-34(29,30)22-14-10-21(11-15-22)33-17-24(28)25-16-19-6-12-23(13-7-19)35(31,32)27(2)3/h4-15,26H,16-17H2,1-3H3,(H,25,28). The average Bonchev–Trinajstić information content (AvgIpc) is 2.83. The second-order valence-electron chi connectivity index (χ2n) is 7.94. The molecule has 0 fully saturated rings. The molecule has 0 heterocycles. The van der Waals surface area contributed by atoms with Crippen molar-refractivity contribution >= 4 is 31.6 Å². The third-order valence-electron chi connectivity index (χ3n) is 5.00. The van der Waals surface area contributed by atoms with E-state index in [-0.39, 0.29) is 28.8 Å². The number of benzene rings is 3. The molecule has 1 amide bonds. The van der Waals surface area contributed by atoms with E-state index in [1.807, 2.05) is 19.1 Å². The number of nitrogens with one attached hydrogen (secondary N) is 2. The van der Waals surface area contributed by atoms with E-state index in [4.69, 9.17) is 4.74 Å². The molecule has 0 aliphatic rings. The minimum atomic E-state index is -3.76. The summed E-state index contributed by atoms with van der Waals surface area (Å²) >= 11 is 0. The monoisotopic (exact) mass is 517 g/mol. The summed E-state index contributed by atoms with van der Waals surface area (Å²) < 4.78 is 58.4. The predicted octanol–water partition coefficient (Wildman–Crippen LogP) is 2.74. The van der Waals surface area contributed by atoms with Crippen molar-refractivity contribution in [3.05, 3.63) is 83.9 Å². The summed E-state index contributed by atoms with van der Waals surface area (Å²) in [6.45, 7) is 1.85. The van der Waals surface area contributed by atoms with Crippen molar-refractivity contribution < 1.29 is 26.4 Å². The van der Waals surface area contributed by atoms with Crippen LogP contribution in [0.2, 0.25) is 0 Å². The number of anilines is 1. The van der Waals surface area contributed by atoms with Gasteiger partial charge in [-0.15, -0.1) is 0 Å². The summed E-state index contributed by atoms with van der Waals surface area (Å²) in [5, 5.41) is 2.69. The molecule has 0 aliphatic heterocycles. The van der Waals surface area contributed by atoms with Crippen LogP contribution in [-0.2, 0) is 31.4 Å². The number of ether oxygens (including phenoxy) is 1. The maximum Gasteiger partial charge on any atom is 0.261 e. The van der Waals surface area contributed by atoms with E-state index in [0.717, 1.165) is 15.4 Å². The van der Waals surface area contributed by atoms with Crippen LogP contribution < -0.4 is 14.8 Å². The highest BCUT2D eigenvalue weighted by atomic mass is 32.2. The maximum absolute atomic E-state index is 12.5.